The molecule has 1 aliphatic rings. The van der Waals surface area contributed by atoms with Gasteiger partial charge in [-0.15, -0.1) is 0 Å². The minimum absolute atomic E-state index is 0.0519. The number of carbonyl (C=O) groups is 1. The number of likely N-dealkylation sites (tertiary alicyclic amines) is 1. The van der Waals surface area contributed by atoms with Crippen LogP contribution in [0.1, 0.15) is 10.4 Å². The van der Waals surface area contributed by atoms with Crippen molar-refractivity contribution in [2.75, 3.05) is 19.7 Å². The second kappa shape index (κ2) is 4.16. The highest BCUT2D eigenvalue weighted by Crippen LogP contribution is 2.18. The summed E-state index contributed by atoms with van der Waals surface area (Å²) in [6.45, 7) is 1.38. The Morgan fingerprint density at radius 2 is 2.40 bits per heavy atom. The van der Waals surface area contributed by atoms with Gasteiger partial charge in [0.2, 0.25) is 0 Å². The van der Waals surface area contributed by atoms with Crippen molar-refractivity contribution in [1.82, 2.24) is 9.88 Å². The van der Waals surface area contributed by atoms with E-state index >= 15 is 0 Å². The summed E-state index contributed by atoms with van der Waals surface area (Å²) in [7, 11) is 0. The lowest BCUT2D eigenvalue weighted by Gasteiger charge is -2.38. The number of hydrogen-bond acceptors (Lipinski definition) is 3. The normalized spacial score (nSPS) is 16.3. The quantitative estimate of drug-likeness (QED) is 0.759. The third-order valence-corrected chi connectivity index (χ3v) is 2.68. The number of amides is 1. The molecule has 2 rings (SSSR count). The average molecular weight is 227 g/mol. The number of rotatable bonds is 2. The molecule has 0 radical (unpaired) electrons. The van der Waals surface area contributed by atoms with Gasteiger partial charge in [-0.2, -0.15) is 0 Å². The van der Waals surface area contributed by atoms with Gasteiger partial charge >= 0.3 is 0 Å². The minimum atomic E-state index is -0.0519. The summed E-state index contributed by atoms with van der Waals surface area (Å²) < 4.78 is 0. The maximum Gasteiger partial charge on any atom is 0.254 e. The first kappa shape index (κ1) is 10.4. The van der Waals surface area contributed by atoms with Crippen LogP contribution in [-0.4, -0.2) is 40.6 Å². The molecular weight excluding hydrogens is 216 g/mol. The highest BCUT2D eigenvalue weighted by molar-refractivity contribution is 6.29. The van der Waals surface area contributed by atoms with E-state index in [2.05, 4.69) is 4.98 Å². The molecule has 1 saturated heterocycles. The van der Waals surface area contributed by atoms with Crippen molar-refractivity contribution >= 4 is 17.5 Å². The zero-order valence-corrected chi connectivity index (χ0v) is 8.81. The van der Waals surface area contributed by atoms with E-state index in [1.54, 1.807) is 17.0 Å². The van der Waals surface area contributed by atoms with Crippen LogP contribution in [-0.2, 0) is 0 Å². The number of carbonyl (C=O) groups excluding carboxylic acids is 1. The Balaban J connectivity index is 2.03. The van der Waals surface area contributed by atoms with Crippen molar-refractivity contribution in [3.8, 4) is 0 Å². The molecule has 1 aliphatic heterocycles. The van der Waals surface area contributed by atoms with E-state index in [1.807, 2.05) is 0 Å². The molecule has 1 aromatic rings. The lowest BCUT2D eigenvalue weighted by molar-refractivity contribution is 0.0362. The monoisotopic (exact) mass is 226 g/mol. The van der Waals surface area contributed by atoms with Crippen molar-refractivity contribution in [2.24, 2.45) is 5.92 Å². The highest BCUT2D eigenvalue weighted by Gasteiger charge is 2.30. The van der Waals surface area contributed by atoms with E-state index in [0.717, 1.165) is 0 Å². The Bertz CT molecular complexity index is 377. The van der Waals surface area contributed by atoms with Gasteiger partial charge < -0.3 is 10.0 Å². The van der Waals surface area contributed by atoms with Crippen molar-refractivity contribution in [3.63, 3.8) is 0 Å². The average Bonchev–Trinajstić information content (AvgIpc) is 2.16. The Labute approximate surface area is 92.5 Å². The van der Waals surface area contributed by atoms with Crippen LogP contribution >= 0.6 is 11.6 Å². The van der Waals surface area contributed by atoms with Gasteiger partial charge in [-0.05, 0) is 12.1 Å². The first-order valence-electron chi connectivity index (χ1n) is 4.72. The first-order chi connectivity index (χ1) is 7.20. The second-order valence-electron chi connectivity index (χ2n) is 3.63. The van der Waals surface area contributed by atoms with Crippen LogP contribution < -0.4 is 0 Å². The summed E-state index contributed by atoms with van der Waals surface area (Å²) in [5, 5.41) is 9.15. The minimum Gasteiger partial charge on any atom is -0.396 e. The van der Waals surface area contributed by atoms with E-state index in [1.165, 1.54) is 6.20 Å². The number of hydrogen-bond donors (Lipinski definition) is 1. The van der Waals surface area contributed by atoms with E-state index in [0.29, 0.717) is 23.8 Å². The maximum absolute atomic E-state index is 11.8. The first-order valence-corrected chi connectivity index (χ1v) is 5.10. The van der Waals surface area contributed by atoms with Gasteiger partial charge in [0.05, 0.1) is 0 Å². The molecule has 2 heterocycles. The molecule has 5 heteroatoms. The molecule has 1 aromatic heterocycles. The Kier molecular flexibility index (Phi) is 2.88. The molecular formula is C10H11ClN2O2. The van der Waals surface area contributed by atoms with Crippen LogP contribution in [0.25, 0.3) is 0 Å². The largest absolute Gasteiger partial charge is 0.396 e. The van der Waals surface area contributed by atoms with E-state index < -0.39 is 0 Å². The molecule has 0 bridgehead atoms. The number of aliphatic hydroxyl groups excluding tert-OH is 1. The molecule has 0 atom stereocenters. The summed E-state index contributed by atoms with van der Waals surface area (Å²) in [5.41, 5.74) is 0.548. The molecule has 0 unspecified atom stereocenters. The molecule has 1 fully saturated rings. The van der Waals surface area contributed by atoms with Gasteiger partial charge in [-0.3, -0.25) is 4.79 Å². The molecule has 0 aromatic carbocycles. The van der Waals surface area contributed by atoms with Gasteiger partial charge in [0.15, 0.2) is 0 Å². The predicted molar refractivity (Wildman–Crippen MR) is 55.7 cm³/mol. The summed E-state index contributed by atoms with van der Waals surface area (Å²) in [4.78, 5) is 17.3. The fourth-order valence-corrected chi connectivity index (χ4v) is 1.74. The van der Waals surface area contributed by atoms with E-state index in [-0.39, 0.29) is 18.4 Å². The highest BCUT2D eigenvalue weighted by atomic mass is 35.5. The fourth-order valence-electron chi connectivity index (χ4n) is 1.57. The summed E-state index contributed by atoms with van der Waals surface area (Å²) in [6.07, 6.45) is 1.51. The third kappa shape index (κ3) is 2.11. The van der Waals surface area contributed by atoms with E-state index in [4.69, 9.17) is 16.7 Å². The Morgan fingerprint density at radius 3 is 3.00 bits per heavy atom. The predicted octanol–water partition coefficient (Wildman–Crippen LogP) is 0.799. The Morgan fingerprint density at radius 1 is 1.67 bits per heavy atom. The fraction of sp³-hybridized carbons (Fsp3) is 0.400. The molecule has 4 nitrogen and oxygen atoms in total. The lowest BCUT2D eigenvalue weighted by atomic mass is 10.0. The molecule has 0 aliphatic carbocycles. The standard InChI is InChI=1S/C10H11ClN2O2/c11-9-3-8(1-2-12-9)10(15)13-4-7(5-13)6-14/h1-3,7,14H,4-6H2. The van der Waals surface area contributed by atoms with Crippen LogP contribution in [0.5, 0.6) is 0 Å². The van der Waals surface area contributed by atoms with Crippen LogP contribution in [0.15, 0.2) is 18.3 Å². The summed E-state index contributed by atoms with van der Waals surface area (Å²) in [5.74, 6) is 0.176. The Hall–Kier alpha value is -1.13. The molecule has 15 heavy (non-hydrogen) atoms. The van der Waals surface area contributed by atoms with Crippen molar-refractivity contribution in [3.05, 3.63) is 29.0 Å². The van der Waals surface area contributed by atoms with Gasteiger partial charge in [0.25, 0.3) is 5.91 Å². The number of halogens is 1. The van der Waals surface area contributed by atoms with Gasteiger partial charge in [0.1, 0.15) is 5.15 Å². The van der Waals surface area contributed by atoms with E-state index in [9.17, 15) is 4.79 Å². The summed E-state index contributed by atoms with van der Waals surface area (Å²) in [6, 6.07) is 3.19. The van der Waals surface area contributed by atoms with Crippen LogP contribution in [0, 0.1) is 5.92 Å². The van der Waals surface area contributed by atoms with Gasteiger partial charge in [-0.25, -0.2) is 4.98 Å². The van der Waals surface area contributed by atoms with Crippen molar-refractivity contribution in [2.45, 2.75) is 0 Å². The summed E-state index contributed by atoms with van der Waals surface area (Å²) >= 11 is 5.69. The molecule has 1 N–H and O–H groups in total. The number of aromatic nitrogens is 1. The molecule has 0 spiro atoms. The SMILES string of the molecule is O=C(c1ccnc(Cl)c1)N1CC(CO)C1. The number of pyridine rings is 1. The van der Waals surface area contributed by atoms with Crippen LogP contribution in [0.4, 0.5) is 0 Å². The zero-order chi connectivity index (χ0) is 10.8. The topological polar surface area (TPSA) is 53.4 Å². The lowest BCUT2D eigenvalue weighted by Crippen LogP contribution is -2.51. The molecule has 80 valence electrons. The molecule has 0 saturated carbocycles. The van der Waals surface area contributed by atoms with Gasteiger partial charge in [0, 0.05) is 37.4 Å². The molecule has 1 amide bonds. The van der Waals surface area contributed by atoms with Crippen molar-refractivity contribution in [1.29, 1.82) is 0 Å². The second-order valence-corrected chi connectivity index (χ2v) is 4.01. The van der Waals surface area contributed by atoms with Gasteiger partial charge in [-0.1, -0.05) is 11.6 Å². The van der Waals surface area contributed by atoms with Crippen LogP contribution in [0.3, 0.4) is 0 Å². The number of aliphatic hydroxyl groups is 1. The number of nitrogens with zero attached hydrogens (tertiary/aromatic N) is 2. The van der Waals surface area contributed by atoms with Crippen molar-refractivity contribution < 1.29 is 9.90 Å². The van der Waals surface area contributed by atoms with Crippen LogP contribution in [0.2, 0.25) is 5.15 Å². The smallest absolute Gasteiger partial charge is 0.254 e. The maximum atomic E-state index is 11.8. The zero-order valence-electron chi connectivity index (χ0n) is 8.06. The third-order valence-electron chi connectivity index (χ3n) is 2.48.